The molecule has 1 aliphatic rings. The summed E-state index contributed by atoms with van der Waals surface area (Å²) in [6.07, 6.45) is 3.95. The molecule has 126 valence electrons. The van der Waals surface area contributed by atoms with Crippen molar-refractivity contribution in [1.82, 2.24) is 4.90 Å². The molecule has 0 spiro atoms. The van der Waals surface area contributed by atoms with Crippen LogP contribution in [0.25, 0.3) is 6.08 Å². The molecule has 2 aromatic rings. The molecule has 0 saturated carbocycles. The molecule has 3 nitrogen and oxygen atoms in total. The van der Waals surface area contributed by atoms with Crippen LogP contribution in [-0.2, 0) is 6.54 Å². The number of ether oxygens (including phenoxy) is 2. The van der Waals surface area contributed by atoms with E-state index in [4.69, 9.17) is 21.1 Å². The topological polar surface area (TPSA) is 21.7 Å². The second-order valence-corrected chi connectivity index (χ2v) is 6.11. The zero-order valence-electron chi connectivity index (χ0n) is 13.8. The first-order valence-electron chi connectivity index (χ1n) is 7.68. The van der Waals surface area contributed by atoms with E-state index in [9.17, 15) is 4.39 Å². The summed E-state index contributed by atoms with van der Waals surface area (Å²) in [7, 11) is 3.23. The lowest BCUT2D eigenvalue weighted by Gasteiger charge is -2.33. The van der Waals surface area contributed by atoms with Crippen molar-refractivity contribution in [3.8, 4) is 11.5 Å². The third kappa shape index (κ3) is 2.94. The predicted octanol–water partition coefficient (Wildman–Crippen LogP) is 5.04. The van der Waals surface area contributed by atoms with E-state index in [2.05, 4.69) is 11.8 Å². The Morgan fingerprint density at radius 3 is 2.54 bits per heavy atom. The molecule has 0 aromatic heterocycles. The second kappa shape index (κ2) is 6.73. The van der Waals surface area contributed by atoms with Crippen molar-refractivity contribution in [2.24, 2.45) is 0 Å². The molecule has 2 aromatic carbocycles. The van der Waals surface area contributed by atoms with E-state index in [0.29, 0.717) is 28.6 Å². The van der Waals surface area contributed by atoms with Crippen LogP contribution in [0.15, 0.2) is 36.5 Å². The summed E-state index contributed by atoms with van der Waals surface area (Å²) in [5, 5.41) is 0.439. The summed E-state index contributed by atoms with van der Waals surface area (Å²) >= 11 is 6.16. The average Bonchev–Trinajstić information content (AvgIpc) is 2.59. The Labute approximate surface area is 146 Å². The van der Waals surface area contributed by atoms with E-state index in [-0.39, 0.29) is 11.9 Å². The van der Waals surface area contributed by atoms with E-state index >= 15 is 0 Å². The molecule has 0 amide bonds. The lowest BCUT2D eigenvalue weighted by Crippen LogP contribution is -2.24. The molecule has 1 atom stereocenters. The second-order valence-electron chi connectivity index (χ2n) is 5.70. The van der Waals surface area contributed by atoms with Crippen LogP contribution in [0.4, 0.5) is 4.39 Å². The van der Waals surface area contributed by atoms with Crippen LogP contribution in [0.2, 0.25) is 5.02 Å². The molecular formula is C19H19ClFNO2. The molecule has 0 N–H and O–H groups in total. The summed E-state index contributed by atoms with van der Waals surface area (Å²) in [6, 6.07) is 8.73. The standard InChI is InChI=1S/C19H19ClFNO2/c1-12-14-10-19(24-3)18(23-2)9-13(14)7-8-22(12)11-15-16(20)5-4-6-17(15)21/h4-10,12H,11H2,1-3H3. The summed E-state index contributed by atoms with van der Waals surface area (Å²) in [5.74, 6) is 1.09. The number of hydrogen-bond acceptors (Lipinski definition) is 3. The fourth-order valence-corrected chi connectivity index (χ4v) is 3.18. The van der Waals surface area contributed by atoms with Crippen molar-refractivity contribution in [2.75, 3.05) is 14.2 Å². The van der Waals surface area contributed by atoms with Crippen LogP contribution >= 0.6 is 11.6 Å². The number of hydrogen-bond donors (Lipinski definition) is 0. The Bertz CT molecular complexity index is 771. The van der Waals surface area contributed by atoms with Crippen molar-refractivity contribution < 1.29 is 13.9 Å². The van der Waals surface area contributed by atoms with Gasteiger partial charge in [0.1, 0.15) is 5.82 Å². The third-order valence-corrected chi connectivity index (χ3v) is 4.74. The summed E-state index contributed by atoms with van der Waals surface area (Å²) < 4.78 is 24.8. The Morgan fingerprint density at radius 1 is 1.17 bits per heavy atom. The van der Waals surface area contributed by atoms with Gasteiger partial charge >= 0.3 is 0 Å². The lowest BCUT2D eigenvalue weighted by atomic mass is 9.96. The van der Waals surface area contributed by atoms with Gasteiger partial charge in [0.15, 0.2) is 11.5 Å². The van der Waals surface area contributed by atoms with Crippen LogP contribution < -0.4 is 9.47 Å². The number of methoxy groups -OCH3 is 2. The van der Waals surface area contributed by atoms with Crippen LogP contribution in [-0.4, -0.2) is 19.1 Å². The Kier molecular flexibility index (Phi) is 4.67. The number of rotatable bonds is 4. The molecule has 1 unspecified atom stereocenters. The fraction of sp³-hybridized carbons (Fsp3) is 0.263. The molecule has 24 heavy (non-hydrogen) atoms. The van der Waals surface area contributed by atoms with Gasteiger partial charge in [0.2, 0.25) is 0 Å². The normalized spacial score (nSPS) is 16.0. The monoisotopic (exact) mass is 347 g/mol. The van der Waals surface area contributed by atoms with E-state index < -0.39 is 0 Å². The Balaban J connectivity index is 1.94. The number of nitrogens with zero attached hydrogens (tertiary/aromatic N) is 1. The third-order valence-electron chi connectivity index (χ3n) is 4.38. The zero-order valence-corrected chi connectivity index (χ0v) is 14.6. The summed E-state index contributed by atoms with van der Waals surface area (Å²) in [5.41, 5.74) is 2.67. The average molecular weight is 348 g/mol. The first-order valence-corrected chi connectivity index (χ1v) is 8.05. The van der Waals surface area contributed by atoms with E-state index in [1.807, 2.05) is 24.4 Å². The van der Waals surface area contributed by atoms with Gasteiger partial charge in [-0.15, -0.1) is 0 Å². The van der Waals surface area contributed by atoms with E-state index in [1.165, 1.54) is 6.07 Å². The van der Waals surface area contributed by atoms with Crippen molar-refractivity contribution >= 4 is 17.7 Å². The predicted molar refractivity (Wildman–Crippen MR) is 93.9 cm³/mol. The Hall–Kier alpha value is -2.20. The van der Waals surface area contributed by atoms with Crippen molar-refractivity contribution in [3.05, 3.63) is 64.1 Å². The van der Waals surface area contributed by atoms with Gasteiger partial charge in [-0.1, -0.05) is 17.7 Å². The van der Waals surface area contributed by atoms with E-state index in [1.54, 1.807) is 26.4 Å². The molecule has 1 aliphatic heterocycles. The van der Waals surface area contributed by atoms with Crippen molar-refractivity contribution in [1.29, 1.82) is 0 Å². The number of fused-ring (bicyclic) bond motifs is 1. The van der Waals surface area contributed by atoms with Crippen molar-refractivity contribution in [3.63, 3.8) is 0 Å². The molecule has 3 rings (SSSR count). The molecule has 0 aliphatic carbocycles. The van der Waals surface area contributed by atoms with Gasteiger partial charge in [-0.05, 0) is 48.4 Å². The smallest absolute Gasteiger partial charge is 0.161 e. The van der Waals surface area contributed by atoms with Crippen LogP contribution in [0.5, 0.6) is 11.5 Å². The fourth-order valence-electron chi connectivity index (χ4n) is 2.96. The molecule has 0 fully saturated rings. The van der Waals surface area contributed by atoms with Crippen LogP contribution in [0.3, 0.4) is 0 Å². The Morgan fingerprint density at radius 2 is 1.88 bits per heavy atom. The molecule has 0 bridgehead atoms. The highest BCUT2D eigenvalue weighted by molar-refractivity contribution is 6.31. The van der Waals surface area contributed by atoms with Gasteiger partial charge in [0.05, 0.1) is 20.3 Å². The van der Waals surface area contributed by atoms with Gasteiger partial charge in [0, 0.05) is 23.3 Å². The highest BCUT2D eigenvalue weighted by Crippen LogP contribution is 2.39. The first kappa shape index (κ1) is 16.7. The van der Waals surface area contributed by atoms with Gasteiger partial charge in [-0.3, -0.25) is 0 Å². The molecular weight excluding hydrogens is 329 g/mol. The van der Waals surface area contributed by atoms with E-state index in [0.717, 1.165) is 11.1 Å². The SMILES string of the molecule is COc1cc2c(cc1OC)C(C)N(Cc1c(F)cccc1Cl)C=C2. The minimum Gasteiger partial charge on any atom is -0.493 e. The largest absolute Gasteiger partial charge is 0.493 e. The van der Waals surface area contributed by atoms with Gasteiger partial charge < -0.3 is 14.4 Å². The van der Waals surface area contributed by atoms with Crippen LogP contribution in [0.1, 0.15) is 29.7 Å². The molecule has 1 heterocycles. The number of halogens is 2. The minimum absolute atomic E-state index is 0.0560. The van der Waals surface area contributed by atoms with Crippen molar-refractivity contribution in [2.45, 2.75) is 19.5 Å². The molecule has 5 heteroatoms. The zero-order chi connectivity index (χ0) is 17.3. The van der Waals surface area contributed by atoms with Crippen LogP contribution in [0, 0.1) is 5.82 Å². The van der Waals surface area contributed by atoms with Gasteiger partial charge in [-0.25, -0.2) is 4.39 Å². The summed E-state index contributed by atoms with van der Waals surface area (Å²) in [6.45, 7) is 2.47. The maximum Gasteiger partial charge on any atom is 0.161 e. The minimum atomic E-state index is -0.291. The summed E-state index contributed by atoms with van der Waals surface area (Å²) in [4.78, 5) is 2.05. The number of benzene rings is 2. The maximum absolute atomic E-state index is 14.1. The lowest BCUT2D eigenvalue weighted by molar-refractivity contribution is 0.282. The quantitative estimate of drug-likeness (QED) is 0.773. The maximum atomic E-state index is 14.1. The molecule has 0 saturated heterocycles. The highest BCUT2D eigenvalue weighted by Gasteiger charge is 2.23. The highest BCUT2D eigenvalue weighted by atomic mass is 35.5. The first-order chi connectivity index (χ1) is 11.5. The molecule has 0 radical (unpaired) electrons. The van der Waals surface area contributed by atoms with Gasteiger partial charge in [0.25, 0.3) is 0 Å². The van der Waals surface area contributed by atoms with Gasteiger partial charge in [-0.2, -0.15) is 0 Å².